The molecule has 9 heteroatoms. The van der Waals surface area contributed by atoms with Crippen molar-refractivity contribution >= 4 is 28.7 Å². The minimum Gasteiger partial charge on any atom is -0.384 e. The van der Waals surface area contributed by atoms with E-state index in [0.717, 1.165) is 17.7 Å². The van der Waals surface area contributed by atoms with Crippen LogP contribution in [0.15, 0.2) is 11.0 Å². The van der Waals surface area contributed by atoms with Crippen LogP contribution in [-0.4, -0.2) is 30.2 Å². The van der Waals surface area contributed by atoms with Crippen LogP contribution in [0.3, 0.4) is 0 Å². The molecule has 3 heterocycles. The van der Waals surface area contributed by atoms with Gasteiger partial charge in [-0.2, -0.15) is 5.10 Å². The normalized spacial score (nSPS) is 14.8. The summed E-state index contributed by atoms with van der Waals surface area (Å²) in [7, 11) is 1.78. The SMILES string of the molecule is Cn1nc(C2CC2)c(F)c1CSc1cc(N)nc2[nH]nnc12. The number of nitrogens with zero attached hydrogens (tertiary/aromatic N) is 5. The zero-order valence-electron chi connectivity index (χ0n) is 11.9. The zero-order chi connectivity index (χ0) is 15.3. The Hall–Kier alpha value is -2.16. The number of nitrogens with two attached hydrogens (primary N) is 1. The number of rotatable bonds is 4. The lowest BCUT2D eigenvalue weighted by molar-refractivity contribution is 0.598. The minimum absolute atomic E-state index is 0.184. The molecule has 0 aliphatic heterocycles. The number of hydrogen-bond acceptors (Lipinski definition) is 6. The molecule has 0 saturated heterocycles. The van der Waals surface area contributed by atoms with E-state index in [1.807, 2.05) is 0 Å². The van der Waals surface area contributed by atoms with E-state index in [4.69, 9.17) is 5.73 Å². The first-order valence-corrected chi connectivity index (χ1v) is 7.93. The fourth-order valence-corrected chi connectivity index (χ4v) is 3.50. The number of nitrogen functional groups attached to an aromatic ring is 1. The monoisotopic (exact) mass is 319 g/mol. The standard InChI is InChI=1S/C13H14FN7S/c1-21-7(10(14)11(19-21)6-2-3-6)5-22-8-4-9(15)16-13-12(8)17-20-18-13/h4,6H,2-3,5H2,1H3,(H3,15,16,17,18,20). The molecule has 3 N–H and O–H groups in total. The number of anilines is 1. The third-order valence-corrected chi connectivity index (χ3v) is 4.78. The van der Waals surface area contributed by atoms with Crippen LogP contribution in [-0.2, 0) is 12.8 Å². The predicted molar refractivity (Wildman–Crippen MR) is 80.8 cm³/mol. The van der Waals surface area contributed by atoms with Crippen LogP contribution in [0.25, 0.3) is 11.2 Å². The maximum Gasteiger partial charge on any atom is 0.179 e. The Morgan fingerprint density at radius 3 is 3.09 bits per heavy atom. The fourth-order valence-electron chi connectivity index (χ4n) is 2.42. The van der Waals surface area contributed by atoms with Crippen LogP contribution in [0.4, 0.5) is 10.2 Å². The first-order chi connectivity index (χ1) is 10.6. The summed E-state index contributed by atoms with van der Waals surface area (Å²) in [6.45, 7) is 0. The van der Waals surface area contributed by atoms with Crippen LogP contribution in [0, 0.1) is 5.82 Å². The van der Waals surface area contributed by atoms with Gasteiger partial charge in [0, 0.05) is 23.6 Å². The van der Waals surface area contributed by atoms with Crippen molar-refractivity contribution in [1.29, 1.82) is 0 Å². The lowest BCUT2D eigenvalue weighted by atomic mass is 10.2. The predicted octanol–water partition coefficient (Wildman–Crippen LogP) is 1.98. The Balaban J connectivity index is 1.63. The number of aryl methyl sites for hydroxylation is 1. The van der Waals surface area contributed by atoms with Crippen molar-refractivity contribution in [3.8, 4) is 0 Å². The van der Waals surface area contributed by atoms with Crippen LogP contribution >= 0.6 is 11.8 Å². The van der Waals surface area contributed by atoms with Gasteiger partial charge in [0.1, 0.15) is 17.0 Å². The third-order valence-electron chi connectivity index (χ3n) is 3.74. The average molecular weight is 319 g/mol. The summed E-state index contributed by atoms with van der Waals surface area (Å²) in [5, 5.41) is 14.7. The Morgan fingerprint density at radius 1 is 1.50 bits per heavy atom. The van der Waals surface area contributed by atoms with Crippen molar-refractivity contribution in [2.45, 2.75) is 29.4 Å². The van der Waals surface area contributed by atoms with Gasteiger partial charge < -0.3 is 5.73 Å². The van der Waals surface area contributed by atoms with Gasteiger partial charge >= 0.3 is 0 Å². The molecule has 0 unspecified atom stereocenters. The lowest BCUT2D eigenvalue weighted by Gasteiger charge is -2.04. The summed E-state index contributed by atoms with van der Waals surface area (Å²) in [6.07, 6.45) is 2.06. The number of thioether (sulfide) groups is 1. The molecule has 3 aromatic heterocycles. The minimum atomic E-state index is -0.184. The van der Waals surface area contributed by atoms with Gasteiger partial charge in [-0.25, -0.2) is 14.5 Å². The van der Waals surface area contributed by atoms with Crippen molar-refractivity contribution in [1.82, 2.24) is 30.2 Å². The summed E-state index contributed by atoms with van der Waals surface area (Å²) < 4.78 is 16.1. The van der Waals surface area contributed by atoms with Crippen molar-refractivity contribution in [2.75, 3.05) is 5.73 Å². The second-order valence-electron chi connectivity index (χ2n) is 5.39. The van der Waals surface area contributed by atoms with Crippen molar-refractivity contribution in [2.24, 2.45) is 7.05 Å². The van der Waals surface area contributed by atoms with Gasteiger partial charge in [-0.1, -0.05) is 5.21 Å². The van der Waals surface area contributed by atoms with Gasteiger partial charge in [0.05, 0.1) is 5.69 Å². The molecule has 3 aromatic rings. The van der Waals surface area contributed by atoms with Gasteiger partial charge in [0.2, 0.25) is 0 Å². The number of halogens is 1. The molecule has 0 aromatic carbocycles. The van der Waals surface area contributed by atoms with Gasteiger partial charge in [0.15, 0.2) is 11.5 Å². The quantitative estimate of drug-likeness (QED) is 0.714. The van der Waals surface area contributed by atoms with Crippen molar-refractivity contribution in [3.63, 3.8) is 0 Å². The topological polar surface area (TPSA) is 98.3 Å². The number of pyridine rings is 1. The van der Waals surface area contributed by atoms with E-state index in [2.05, 4.69) is 25.5 Å². The molecule has 0 amide bonds. The first-order valence-electron chi connectivity index (χ1n) is 6.95. The highest BCUT2D eigenvalue weighted by molar-refractivity contribution is 7.98. The van der Waals surface area contributed by atoms with E-state index in [1.165, 1.54) is 11.8 Å². The lowest BCUT2D eigenvalue weighted by Crippen LogP contribution is -1.98. The summed E-state index contributed by atoms with van der Waals surface area (Å²) in [4.78, 5) is 4.94. The van der Waals surface area contributed by atoms with Crippen molar-refractivity contribution < 1.29 is 4.39 Å². The molecule has 114 valence electrons. The molecule has 4 rings (SSSR count). The van der Waals surface area contributed by atoms with Gasteiger partial charge in [-0.15, -0.1) is 16.9 Å². The van der Waals surface area contributed by atoms with E-state index < -0.39 is 0 Å². The summed E-state index contributed by atoms with van der Waals surface area (Å²) in [5.74, 6) is 0.942. The number of nitrogens with one attached hydrogen (secondary N) is 1. The highest BCUT2D eigenvalue weighted by atomic mass is 32.2. The van der Waals surface area contributed by atoms with E-state index in [1.54, 1.807) is 17.8 Å². The highest BCUT2D eigenvalue weighted by Crippen LogP contribution is 2.41. The smallest absolute Gasteiger partial charge is 0.179 e. The molecular formula is C13H14FN7S. The largest absolute Gasteiger partial charge is 0.384 e. The molecule has 1 aliphatic rings. The summed E-state index contributed by atoms with van der Waals surface area (Å²) in [6, 6.07) is 1.73. The van der Waals surface area contributed by atoms with Gasteiger partial charge in [-0.3, -0.25) is 4.68 Å². The molecule has 7 nitrogen and oxygen atoms in total. The van der Waals surface area contributed by atoms with Crippen molar-refractivity contribution in [3.05, 3.63) is 23.3 Å². The number of fused-ring (bicyclic) bond motifs is 1. The zero-order valence-corrected chi connectivity index (χ0v) is 12.7. The molecule has 0 spiro atoms. The molecule has 22 heavy (non-hydrogen) atoms. The average Bonchev–Trinajstić information content (AvgIpc) is 3.15. The van der Waals surface area contributed by atoms with Gasteiger partial charge in [0.25, 0.3) is 0 Å². The van der Waals surface area contributed by atoms with Crippen LogP contribution in [0.1, 0.15) is 30.1 Å². The summed E-state index contributed by atoms with van der Waals surface area (Å²) >= 11 is 1.45. The highest BCUT2D eigenvalue weighted by Gasteiger charge is 2.31. The second-order valence-corrected chi connectivity index (χ2v) is 6.40. The third kappa shape index (κ3) is 2.21. The molecular weight excluding hydrogens is 305 g/mol. The first kappa shape index (κ1) is 13.5. The van der Waals surface area contributed by atoms with Crippen LogP contribution in [0.5, 0.6) is 0 Å². The molecule has 1 fully saturated rings. The molecule has 0 radical (unpaired) electrons. The Labute approximate surface area is 129 Å². The fraction of sp³-hybridized carbons (Fsp3) is 0.385. The van der Waals surface area contributed by atoms with Crippen LogP contribution in [0.2, 0.25) is 0 Å². The Bertz CT molecular complexity index is 852. The van der Waals surface area contributed by atoms with Gasteiger partial charge in [-0.05, 0) is 18.9 Å². The van der Waals surface area contributed by atoms with Crippen LogP contribution < -0.4 is 5.73 Å². The molecule has 1 aliphatic carbocycles. The molecule has 0 bridgehead atoms. The van der Waals surface area contributed by atoms with E-state index >= 15 is 0 Å². The van der Waals surface area contributed by atoms with E-state index in [-0.39, 0.29) is 5.82 Å². The number of hydrogen-bond donors (Lipinski definition) is 2. The second kappa shape index (κ2) is 4.94. The number of aromatic amines is 1. The molecule has 0 atom stereocenters. The Morgan fingerprint density at radius 2 is 2.32 bits per heavy atom. The molecule has 1 saturated carbocycles. The number of aromatic nitrogens is 6. The van der Waals surface area contributed by atoms with E-state index in [9.17, 15) is 4.39 Å². The maximum atomic E-state index is 14.5. The summed E-state index contributed by atoms with van der Waals surface area (Å²) in [5.41, 5.74) is 8.13. The maximum absolute atomic E-state index is 14.5. The number of H-pyrrole nitrogens is 1. The van der Waals surface area contributed by atoms with E-state index in [0.29, 0.717) is 40.0 Å². The Kier molecular flexibility index (Phi) is 3.03.